The molecule has 1 heterocycles. The number of rotatable bonds is 4. The zero-order valence-corrected chi connectivity index (χ0v) is 11.9. The molecule has 6 nitrogen and oxygen atoms in total. The first-order valence-electron chi connectivity index (χ1n) is 5.75. The standard InChI is InChI=1S/C13H14N4O2S/c1-18-11-5-8-3-4-15-10(7-16-17-13(14)20)9(8)6-12(11)19-2/h3-7H,1-2H3,(H3,14,17,20)/b16-7-. The van der Waals surface area contributed by atoms with Crippen molar-refractivity contribution in [3.8, 4) is 11.5 Å². The summed E-state index contributed by atoms with van der Waals surface area (Å²) in [6, 6.07) is 5.62. The van der Waals surface area contributed by atoms with E-state index in [0.717, 1.165) is 10.8 Å². The minimum absolute atomic E-state index is 0.0979. The van der Waals surface area contributed by atoms with E-state index in [1.165, 1.54) is 0 Å². The second kappa shape index (κ2) is 6.16. The van der Waals surface area contributed by atoms with E-state index in [9.17, 15) is 0 Å². The Bertz CT molecular complexity index is 673. The first-order valence-corrected chi connectivity index (χ1v) is 6.15. The smallest absolute Gasteiger partial charge is 0.184 e. The Kier molecular flexibility index (Phi) is 4.31. The molecule has 3 N–H and O–H groups in total. The van der Waals surface area contributed by atoms with Gasteiger partial charge in [-0.25, -0.2) is 0 Å². The van der Waals surface area contributed by atoms with Crippen molar-refractivity contribution >= 4 is 34.3 Å². The number of hydrogen-bond donors (Lipinski definition) is 2. The van der Waals surface area contributed by atoms with Crippen LogP contribution in [0.25, 0.3) is 10.8 Å². The van der Waals surface area contributed by atoms with Crippen LogP contribution in [-0.2, 0) is 0 Å². The summed E-state index contributed by atoms with van der Waals surface area (Å²) in [7, 11) is 3.18. The number of fused-ring (bicyclic) bond motifs is 1. The fourth-order valence-electron chi connectivity index (χ4n) is 1.78. The van der Waals surface area contributed by atoms with Crippen molar-refractivity contribution in [2.45, 2.75) is 0 Å². The molecule has 7 heteroatoms. The van der Waals surface area contributed by atoms with Crippen LogP contribution < -0.4 is 20.6 Å². The summed E-state index contributed by atoms with van der Waals surface area (Å²) >= 11 is 4.68. The highest BCUT2D eigenvalue weighted by Gasteiger charge is 2.08. The van der Waals surface area contributed by atoms with Crippen molar-refractivity contribution in [3.63, 3.8) is 0 Å². The quantitative estimate of drug-likeness (QED) is 0.503. The largest absolute Gasteiger partial charge is 0.493 e. The molecule has 0 atom stereocenters. The van der Waals surface area contributed by atoms with Gasteiger partial charge >= 0.3 is 0 Å². The van der Waals surface area contributed by atoms with E-state index in [2.05, 4.69) is 27.7 Å². The van der Waals surface area contributed by atoms with E-state index < -0.39 is 0 Å². The molecule has 0 fully saturated rings. The number of benzene rings is 1. The second-order valence-corrected chi connectivity index (χ2v) is 4.30. The van der Waals surface area contributed by atoms with Crippen LogP contribution >= 0.6 is 12.2 Å². The Labute approximate surface area is 121 Å². The average Bonchev–Trinajstić information content (AvgIpc) is 2.45. The summed E-state index contributed by atoms with van der Waals surface area (Å²) in [4.78, 5) is 4.26. The van der Waals surface area contributed by atoms with E-state index in [-0.39, 0.29) is 5.11 Å². The fraction of sp³-hybridized carbons (Fsp3) is 0.154. The van der Waals surface area contributed by atoms with Crippen LogP contribution in [0.2, 0.25) is 0 Å². The van der Waals surface area contributed by atoms with Crippen molar-refractivity contribution in [1.29, 1.82) is 0 Å². The molecule has 0 aliphatic heterocycles. The molecule has 0 aliphatic carbocycles. The van der Waals surface area contributed by atoms with Gasteiger partial charge in [-0.2, -0.15) is 5.10 Å². The molecular formula is C13H14N4O2S. The minimum atomic E-state index is 0.0979. The van der Waals surface area contributed by atoms with Gasteiger partial charge in [0.2, 0.25) is 0 Å². The molecule has 0 saturated heterocycles. The number of methoxy groups -OCH3 is 2. The number of aromatic nitrogens is 1. The number of nitrogens with zero attached hydrogens (tertiary/aromatic N) is 2. The number of thiocarbonyl (C=S) groups is 1. The number of hydrazone groups is 1. The van der Waals surface area contributed by atoms with Gasteiger partial charge in [0.05, 0.1) is 26.1 Å². The van der Waals surface area contributed by atoms with Crippen molar-refractivity contribution < 1.29 is 9.47 Å². The fourth-order valence-corrected chi connectivity index (χ4v) is 1.83. The zero-order valence-electron chi connectivity index (χ0n) is 11.1. The van der Waals surface area contributed by atoms with Gasteiger partial charge in [-0.3, -0.25) is 10.4 Å². The van der Waals surface area contributed by atoms with Gasteiger partial charge in [0, 0.05) is 11.6 Å². The van der Waals surface area contributed by atoms with Gasteiger partial charge in [-0.05, 0) is 35.8 Å². The van der Waals surface area contributed by atoms with Crippen LogP contribution in [0.5, 0.6) is 11.5 Å². The van der Waals surface area contributed by atoms with Gasteiger partial charge < -0.3 is 15.2 Å². The van der Waals surface area contributed by atoms with E-state index in [1.807, 2.05) is 18.2 Å². The van der Waals surface area contributed by atoms with Gasteiger partial charge in [0.15, 0.2) is 16.6 Å². The molecular weight excluding hydrogens is 276 g/mol. The lowest BCUT2D eigenvalue weighted by atomic mass is 10.1. The Morgan fingerprint density at radius 2 is 2.05 bits per heavy atom. The van der Waals surface area contributed by atoms with Gasteiger partial charge in [0.1, 0.15) is 0 Å². The average molecular weight is 290 g/mol. The lowest BCUT2D eigenvalue weighted by molar-refractivity contribution is 0.356. The Morgan fingerprint density at radius 3 is 2.70 bits per heavy atom. The summed E-state index contributed by atoms with van der Waals surface area (Å²) in [6.07, 6.45) is 3.24. The Hall–Kier alpha value is -2.41. The highest BCUT2D eigenvalue weighted by Crippen LogP contribution is 2.32. The molecule has 2 rings (SSSR count). The van der Waals surface area contributed by atoms with Crippen molar-refractivity contribution in [2.24, 2.45) is 10.8 Å². The Morgan fingerprint density at radius 1 is 1.35 bits per heavy atom. The predicted molar refractivity (Wildman–Crippen MR) is 82.4 cm³/mol. The summed E-state index contributed by atoms with van der Waals surface area (Å²) in [6.45, 7) is 0. The van der Waals surface area contributed by atoms with E-state index in [1.54, 1.807) is 26.6 Å². The molecule has 104 valence electrons. The van der Waals surface area contributed by atoms with Crippen LogP contribution in [-0.4, -0.2) is 30.5 Å². The third-order valence-corrected chi connectivity index (χ3v) is 2.75. The van der Waals surface area contributed by atoms with Crippen molar-refractivity contribution in [1.82, 2.24) is 10.4 Å². The summed E-state index contributed by atoms with van der Waals surface area (Å²) in [5, 5.41) is 5.87. The van der Waals surface area contributed by atoms with Crippen molar-refractivity contribution in [2.75, 3.05) is 14.2 Å². The first-order chi connectivity index (χ1) is 9.65. The number of ether oxygens (including phenoxy) is 2. The molecule has 1 aromatic heterocycles. The highest BCUT2D eigenvalue weighted by molar-refractivity contribution is 7.80. The SMILES string of the molecule is COc1cc2ccnc(/C=N\NC(N)=S)c2cc1OC. The lowest BCUT2D eigenvalue weighted by Crippen LogP contribution is -2.24. The van der Waals surface area contributed by atoms with Crippen LogP contribution in [0.3, 0.4) is 0 Å². The number of pyridine rings is 1. The normalized spacial score (nSPS) is 10.7. The molecule has 0 unspecified atom stereocenters. The molecule has 0 amide bonds. The number of nitrogens with two attached hydrogens (primary N) is 1. The maximum atomic E-state index is 5.30. The van der Waals surface area contributed by atoms with Gasteiger partial charge in [-0.1, -0.05) is 0 Å². The molecule has 0 saturated carbocycles. The van der Waals surface area contributed by atoms with E-state index in [0.29, 0.717) is 17.2 Å². The predicted octanol–water partition coefficient (Wildman–Crippen LogP) is 1.42. The topological polar surface area (TPSA) is 81.8 Å². The van der Waals surface area contributed by atoms with E-state index >= 15 is 0 Å². The van der Waals surface area contributed by atoms with Crippen LogP contribution in [0, 0.1) is 0 Å². The molecule has 0 bridgehead atoms. The molecule has 2 aromatic rings. The Balaban J connectivity index is 2.50. The molecule has 0 radical (unpaired) electrons. The van der Waals surface area contributed by atoms with Crippen LogP contribution in [0.1, 0.15) is 5.69 Å². The summed E-state index contributed by atoms with van der Waals surface area (Å²) < 4.78 is 10.6. The second-order valence-electron chi connectivity index (χ2n) is 3.86. The van der Waals surface area contributed by atoms with Crippen molar-refractivity contribution in [3.05, 3.63) is 30.1 Å². The minimum Gasteiger partial charge on any atom is -0.493 e. The maximum Gasteiger partial charge on any atom is 0.184 e. The van der Waals surface area contributed by atoms with Crippen LogP contribution in [0.4, 0.5) is 0 Å². The summed E-state index contributed by atoms with van der Waals surface area (Å²) in [5.41, 5.74) is 8.47. The lowest BCUT2D eigenvalue weighted by Gasteiger charge is -2.10. The maximum absolute atomic E-state index is 5.30. The molecule has 0 aliphatic rings. The highest BCUT2D eigenvalue weighted by atomic mass is 32.1. The monoisotopic (exact) mass is 290 g/mol. The number of nitrogens with one attached hydrogen (secondary N) is 1. The number of hydrogen-bond acceptors (Lipinski definition) is 5. The molecule has 20 heavy (non-hydrogen) atoms. The summed E-state index contributed by atoms with van der Waals surface area (Å²) in [5.74, 6) is 1.29. The van der Waals surface area contributed by atoms with Gasteiger partial charge in [0.25, 0.3) is 0 Å². The third-order valence-electron chi connectivity index (χ3n) is 2.66. The van der Waals surface area contributed by atoms with E-state index in [4.69, 9.17) is 15.2 Å². The molecule has 1 aromatic carbocycles. The zero-order chi connectivity index (χ0) is 14.5. The van der Waals surface area contributed by atoms with Gasteiger partial charge in [-0.15, -0.1) is 0 Å². The van der Waals surface area contributed by atoms with Crippen LogP contribution in [0.15, 0.2) is 29.5 Å². The molecule has 0 spiro atoms. The third kappa shape index (κ3) is 2.94. The first kappa shape index (κ1) is 14.0.